The summed E-state index contributed by atoms with van der Waals surface area (Å²) in [4.78, 5) is 195. The van der Waals surface area contributed by atoms with E-state index in [1.165, 1.54) is 91.8 Å². The molecule has 0 bridgehead atoms. The predicted molar refractivity (Wildman–Crippen MR) is 457 cm³/mol. The number of benzene rings is 4. The number of carbonyl (C=O) groups is 14. The summed E-state index contributed by atoms with van der Waals surface area (Å²) in [6, 6.07) is 12.0. The van der Waals surface area contributed by atoms with E-state index < -0.39 is 183 Å². The SMILES string of the molecule is C=C1C[C@@H](C2OCCO2)N(C(=O)c2cc(OC)c(OCCCCCOc3cc(NC(=O)OCc4ccc(O[C@@H]5O[C@H](C(=O)OC)[C@@H](OC(C)=O)[C@H](OC(C)=O)[C@H]5OC(C)=O)c(C(=O)NCCOCCN=[N+]=[N-])c4)c(C(=O)N4CC(=C)C[C@H]4C4OCCO4)cc3OC)cc2NC(=O)OCc2ccc(O[C@@H]3O[C@H](C(=O)OC)[C@@H](OC(C)=O)[C@H](OC(C)=O)[C@H]3OC(C)=O)c(C(=O)NCCOC)c2)C1. The van der Waals surface area contributed by atoms with Gasteiger partial charge in [-0.15, -0.1) is 0 Å². The zero-order chi connectivity index (χ0) is 97.7. The Morgan fingerprint density at radius 3 is 1.21 bits per heavy atom. The summed E-state index contributed by atoms with van der Waals surface area (Å²) in [5, 5.41) is 14.1. The lowest BCUT2D eigenvalue weighted by Gasteiger charge is -2.43. The van der Waals surface area contributed by atoms with E-state index in [9.17, 15) is 62.3 Å². The van der Waals surface area contributed by atoms with Crippen LogP contribution < -0.4 is 49.7 Å². The second kappa shape index (κ2) is 49.9. The van der Waals surface area contributed by atoms with Crippen molar-refractivity contribution in [3.05, 3.63) is 129 Å². The lowest BCUT2D eigenvalue weighted by atomic mass is 9.97. The molecule has 6 fully saturated rings. The summed E-state index contributed by atoms with van der Waals surface area (Å²) in [6.45, 7) is 14.2. The van der Waals surface area contributed by atoms with Gasteiger partial charge in [0.25, 0.3) is 23.6 Å². The number of nitrogens with zero attached hydrogens (tertiary/aromatic N) is 5. The van der Waals surface area contributed by atoms with Gasteiger partial charge >= 0.3 is 59.9 Å². The van der Waals surface area contributed by atoms with Crippen molar-refractivity contribution in [2.75, 3.05) is 138 Å². The molecule has 4 aromatic rings. The van der Waals surface area contributed by atoms with Gasteiger partial charge in [0.15, 0.2) is 72.2 Å². The lowest BCUT2D eigenvalue weighted by molar-refractivity contribution is -0.282. The third-order valence-corrected chi connectivity index (χ3v) is 20.9. The zero-order valence-electron chi connectivity index (χ0n) is 75.9. The van der Waals surface area contributed by atoms with E-state index in [1.54, 1.807) is 0 Å². The number of azide groups is 1. The molecule has 0 aliphatic carbocycles. The molecule has 4 aromatic carbocycles. The molecule has 0 spiro atoms. The molecule has 732 valence electrons. The molecule has 6 heterocycles. The second-order valence-electron chi connectivity index (χ2n) is 30.7. The number of hydrogen-bond donors (Lipinski definition) is 4. The summed E-state index contributed by atoms with van der Waals surface area (Å²) < 4.78 is 137. The molecular weight excluding hydrogens is 1790 g/mol. The molecule has 0 saturated carbocycles. The molecule has 12 atom stereocenters. The quantitative estimate of drug-likeness (QED) is 0.00786. The van der Waals surface area contributed by atoms with Crippen molar-refractivity contribution in [3.63, 3.8) is 0 Å². The Labute approximate surface area is 772 Å². The number of rotatable bonds is 43. The first-order valence-corrected chi connectivity index (χ1v) is 42.5. The van der Waals surface area contributed by atoms with Crippen LogP contribution in [0.15, 0.2) is 90.1 Å². The third-order valence-electron chi connectivity index (χ3n) is 20.9. The van der Waals surface area contributed by atoms with Crippen LogP contribution in [0.5, 0.6) is 34.5 Å². The highest BCUT2D eigenvalue weighted by atomic mass is 16.8. The van der Waals surface area contributed by atoms with Gasteiger partial charge in [-0.3, -0.25) is 58.6 Å². The fourth-order valence-electron chi connectivity index (χ4n) is 15.1. The van der Waals surface area contributed by atoms with Crippen molar-refractivity contribution in [2.45, 2.75) is 173 Å². The molecule has 0 aromatic heterocycles. The Morgan fingerprint density at radius 1 is 0.452 bits per heavy atom. The molecule has 6 aliphatic rings. The monoisotopic (exact) mass is 1900 g/mol. The molecule has 135 heavy (non-hydrogen) atoms. The molecule has 6 amide bonds. The van der Waals surface area contributed by atoms with E-state index >= 15 is 4.79 Å². The highest BCUT2D eigenvalue weighted by Crippen LogP contribution is 2.42. The van der Waals surface area contributed by atoms with Gasteiger partial charge in [-0.25, -0.2) is 19.2 Å². The van der Waals surface area contributed by atoms with Crippen LogP contribution in [0.1, 0.15) is 126 Å². The average Bonchev–Trinajstić information content (AvgIpc) is 1.66. The van der Waals surface area contributed by atoms with Crippen LogP contribution >= 0.6 is 0 Å². The molecule has 4 N–H and O–H groups in total. The molecule has 0 unspecified atom stereocenters. The minimum Gasteiger partial charge on any atom is -0.493 e. The minimum absolute atomic E-state index is 0.00314. The van der Waals surface area contributed by atoms with Gasteiger partial charge in [-0.1, -0.05) is 41.6 Å². The molecule has 0 radical (unpaired) electrons. The van der Waals surface area contributed by atoms with Crippen LogP contribution in [0, 0.1) is 0 Å². The Bertz CT molecular complexity index is 5050. The summed E-state index contributed by atoms with van der Waals surface area (Å²) >= 11 is 0. The van der Waals surface area contributed by atoms with Crippen LogP contribution in [-0.2, 0) is 137 Å². The van der Waals surface area contributed by atoms with E-state index in [0.29, 0.717) is 43.3 Å². The normalized spacial score (nSPS) is 21.4. The fourth-order valence-corrected chi connectivity index (χ4v) is 15.1. The number of methoxy groups -OCH3 is 5. The lowest BCUT2D eigenvalue weighted by Crippen LogP contribution is -2.64. The summed E-state index contributed by atoms with van der Waals surface area (Å²) in [7, 11) is 6.09. The first-order valence-electron chi connectivity index (χ1n) is 42.5. The maximum atomic E-state index is 15.0. The van der Waals surface area contributed by atoms with Gasteiger partial charge in [0.2, 0.25) is 24.8 Å². The van der Waals surface area contributed by atoms with Crippen LogP contribution in [-0.4, -0.2) is 307 Å². The van der Waals surface area contributed by atoms with Gasteiger partial charge in [0.05, 0.1) is 134 Å². The first-order chi connectivity index (χ1) is 64.7. The largest absolute Gasteiger partial charge is 0.493 e. The third kappa shape index (κ3) is 28.2. The number of unbranched alkanes of at least 4 members (excludes halogenated alkanes) is 2. The molecule has 47 heteroatoms. The Kier molecular flexibility index (Phi) is 38.2. The number of likely N-dealkylation sites (tertiary alicyclic amines) is 2. The van der Waals surface area contributed by atoms with Gasteiger partial charge in [0, 0.05) is 98.4 Å². The average molecular weight is 1900 g/mol. The van der Waals surface area contributed by atoms with Crippen LogP contribution in [0.3, 0.4) is 0 Å². The molecular formula is C88H107N9O38. The summed E-state index contributed by atoms with van der Waals surface area (Å²) in [5.41, 5.74) is 9.46. The number of nitrogens with one attached hydrogen (secondary N) is 4. The van der Waals surface area contributed by atoms with E-state index in [4.69, 9.17) is 119 Å². The number of hydrogen-bond acceptors (Lipinski definition) is 39. The van der Waals surface area contributed by atoms with Gasteiger partial charge < -0.3 is 134 Å². The number of carbonyl (C=O) groups excluding carboxylic acids is 14. The number of amides is 6. The van der Waals surface area contributed by atoms with Crippen molar-refractivity contribution < 1.29 is 181 Å². The van der Waals surface area contributed by atoms with Crippen molar-refractivity contribution in [2.24, 2.45) is 5.11 Å². The maximum absolute atomic E-state index is 15.0. The predicted octanol–water partition coefficient (Wildman–Crippen LogP) is 5.69. The second-order valence-corrected chi connectivity index (χ2v) is 30.7. The van der Waals surface area contributed by atoms with Gasteiger partial charge in [0.1, 0.15) is 24.7 Å². The van der Waals surface area contributed by atoms with Crippen molar-refractivity contribution in [1.29, 1.82) is 0 Å². The number of esters is 8. The van der Waals surface area contributed by atoms with E-state index in [1.807, 2.05) is 0 Å². The zero-order valence-corrected chi connectivity index (χ0v) is 75.9. The maximum Gasteiger partial charge on any atom is 0.411 e. The van der Waals surface area contributed by atoms with Crippen LogP contribution in [0.4, 0.5) is 21.0 Å². The topological polar surface area (TPSA) is 564 Å². The molecule has 47 nitrogen and oxygen atoms in total. The fraction of sp³-hybridized carbons (Fsp3) is 0.523. The van der Waals surface area contributed by atoms with Gasteiger partial charge in [-0.05, 0) is 85.2 Å². The van der Waals surface area contributed by atoms with Crippen molar-refractivity contribution in [1.82, 2.24) is 20.4 Å². The molecule has 6 aliphatic heterocycles. The molecule has 10 rings (SSSR count). The summed E-state index contributed by atoms with van der Waals surface area (Å²) in [5.74, 6) is -11.2. The standard InChI is InChI=1S/C88H107N9O38/c1-45-33-61(83-120-29-30-121-83)96(41-45)79(106)55-37-65(113-10)67(39-59(55)93-87(110)124-43-53-17-19-63(57(35-53)77(104)90-21-26-112-9)132-85-75(130-51(7)102)71(128-49(5)100)69(126-47(3)98)73(134-85)81(108)115-12)118-24-15-14-16-25-119-68-40-60(56(38-66(68)114-11)80(107)97-42-46(2)34-62(97)84-122-31-32-123-84)94-88(111)125-44-54-18-20-64(58(36-54)78(105)91-22-27-117-28-23-92-95-89)133-86-76(131-52(8)103)72(129-50(6)101)70(127-48(4)99)74(135-86)82(109)116-13/h17-20,35-40,61-62,69-76,83-86H,1-2,14-16,21-34,41-44H2,3-13H3,(H,90,104)(H,91,105)(H,93,110)(H,94,111)/t61-,62-,69-,70-,71-,72-,73-,74-,75+,76+,85+,86+/m0/s1. The Balaban J connectivity index is 0.866. The first kappa shape index (κ1) is 103. The van der Waals surface area contributed by atoms with E-state index in [0.717, 1.165) is 55.8 Å². The van der Waals surface area contributed by atoms with Crippen molar-refractivity contribution >= 4 is 94.9 Å². The Morgan fingerprint density at radius 2 is 0.837 bits per heavy atom. The van der Waals surface area contributed by atoms with Gasteiger partial charge in [-0.2, -0.15) is 0 Å². The van der Waals surface area contributed by atoms with Crippen LogP contribution in [0.25, 0.3) is 10.4 Å². The van der Waals surface area contributed by atoms with Crippen molar-refractivity contribution in [3.8, 4) is 34.5 Å². The highest BCUT2D eigenvalue weighted by Gasteiger charge is 2.58. The number of anilines is 2. The molecule has 6 saturated heterocycles. The van der Waals surface area contributed by atoms with Crippen LogP contribution in [0.2, 0.25) is 0 Å². The minimum atomic E-state index is -1.92. The van der Waals surface area contributed by atoms with E-state index in [2.05, 4.69) is 44.5 Å². The van der Waals surface area contributed by atoms with E-state index in [-0.39, 0.29) is 171 Å². The number of ether oxygens (including phenoxy) is 24. The summed E-state index contributed by atoms with van der Waals surface area (Å²) in [6.07, 6.45) is -20.2. The highest BCUT2D eigenvalue weighted by molar-refractivity contribution is 6.05. The smallest absolute Gasteiger partial charge is 0.411 e. The Hall–Kier alpha value is -13.7.